The highest BCUT2D eigenvalue weighted by molar-refractivity contribution is 4.83. The molecule has 0 amide bonds. The van der Waals surface area contributed by atoms with E-state index < -0.39 is 18.5 Å². The van der Waals surface area contributed by atoms with Crippen molar-refractivity contribution in [1.82, 2.24) is 0 Å². The second-order valence-corrected chi connectivity index (χ2v) is 3.07. The monoisotopic (exact) mass is 162 g/mol. The Hall–Kier alpha value is -0.160. The highest BCUT2D eigenvalue weighted by Crippen LogP contribution is 2.23. The first-order chi connectivity index (χ1) is 5.04. The van der Waals surface area contributed by atoms with Crippen molar-refractivity contribution in [3.05, 3.63) is 0 Å². The first kappa shape index (κ1) is 8.93. The lowest BCUT2D eigenvalue weighted by molar-refractivity contribution is -0.261. The van der Waals surface area contributed by atoms with E-state index in [2.05, 4.69) is 0 Å². The lowest BCUT2D eigenvalue weighted by Gasteiger charge is -2.37. The predicted octanol–water partition coefficient (Wildman–Crippen LogP) is -0.919. The van der Waals surface area contributed by atoms with Gasteiger partial charge in [-0.3, -0.25) is 0 Å². The summed E-state index contributed by atoms with van der Waals surface area (Å²) in [6, 6.07) is 0. The summed E-state index contributed by atoms with van der Waals surface area (Å²) in [5.74, 6) is -0.145. The maximum atomic E-state index is 9.30. The van der Waals surface area contributed by atoms with Crippen molar-refractivity contribution in [3.63, 3.8) is 0 Å². The van der Waals surface area contributed by atoms with E-state index in [0.29, 0.717) is 0 Å². The van der Waals surface area contributed by atoms with Gasteiger partial charge >= 0.3 is 0 Å². The highest BCUT2D eigenvalue weighted by atomic mass is 16.6. The van der Waals surface area contributed by atoms with Crippen LogP contribution in [0.15, 0.2) is 0 Å². The molecule has 1 unspecified atom stereocenters. The summed E-state index contributed by atoms with van der Waals surface area (Å²) in [5, 5.41) is 27.4. The molecule has 3 N–H and O–H groups in total. The van der Waals surface area contributed by atoms with Gasteiger partial charge in [-0.05, 0) is 6.92 Å². The Kier molecular flexibility index (Phi) is 2.49. The molecule has 1 heterocycles. The van der Waals surface area contributed by atoms with E-state index in [-0.39, 0.29) is 12.0 Å². The number of rotatable bonds is 0. The van der Waals surface area contributed by atoms with Gasteiger partial charge in [0.15, 0.2) is 6.29 Å². The SMILES string of the molecule is C[C@H]1[C@H](O)[C@H](O)C(O)O[C@@H]1C. The van der Waals surface area contributed by atoms with Crippen LogP contribution in [0, 0.1) is 5.92 Å². The van der Waals surface area contributed by atoms with Gasteiger partial charge in [0.25, 0.3) is 0 Å². The maximum Gasteiger partial charge on any atom is 0.183 e. The summed E-state index contributed by atoms with van der Waals surface area (Å²) in [6.45, 7) is 3.52. The number of aliphatic hydroxyl groups is 3. The molecule has 0 aromatic rings. The van der Waals surface area contributed by atoms with Crippen LogP contribution in [-0.4, -0.2) is 39.9 Å². The quantitative estimate of drug-likeness (QED) is 0.431. The van der Waals surface area contributed by atoms with Gasteiger partial charge in [0.05, 0.1) is 12.2 Å². The van der Waals surface area contributed by atoms with E-state index in [4.69, 9.17) is 14.9 Å². The molecule has 11 heavy (non-hydrogen) atoms. The minimum absolute atomic E-state index is 0.145. The van der Waals surface area contributed by atoms with Crippen LogP contribution in [0.2, 0.25) is 0 Å². The average molecular weight is 162 g/mol. The summed E-state index contributed by atoms with van der Waals surface area (Å²) in [7, 11) is 0. The fourth-order valence-corrected chi connectivity index (χ4v) is 1.18. The van der Waals surface area contributed by atoms with Crippen LogP contribution in [0.4, 0.5) is 0 Å². The zero-order valence-corrected chi connectivity index (χ0v) is 6.64. The van der Waals surface area contributed by atoms with Crippen molar-refractivity contribution in [2.75, 3.05) is 0 Å². The smallest absolute Gasteiger partial charge is 0.183 e. The highest BCUT2D eigenvalue weighted by Gasteiger charge is 2.39. The minimum Gasteiger partial charge on any atom is -0.390 e. The van der Waals surface area contributed by atoms with Crippen molar-refractivity contribution < 1.29 is 20.1 Å². The Morgan fingerprint density at radius 2 is 1.55 bits per heavy atom. The summed E-state index contributed by atoms with van der Waals surface area (Å²) in [6.07, 6.45) is -3.55. The third-order valence-corrected chi connectivity index (χ3v) is 2.28. The Morgan fingerprint density at radius 1 is 1.00 bits per heavy atom. The molecular formula is C7H14O4. The summed E-state index contributed by atoms with van der Waals surface area (Å²) in [5.41, 5.74) is 0. The lowest BCUT2D eigenvalue weighted by atomic mass is 9.92. The molecule has 1 aliphatic heterocycles. The molecule has 66 valence electrons. The summed E-state index contributed by atoms with van der Waals surface area (Å²) >= 11 is 0. The Balaban J connectivity index is 2.63. The van der Waals surface area contributed by atoms with Gasteiger partial charge in [-0.15, -0.1) is 0 Å². The van der Waals surface area contributed by atoms with E-state index >= 15 is 0 Å². The number of ether oxygens (including phenoxy) is 1. The standard InChI is InChI=1S/C7H14O4/c1-3-4(2)11-7(10)6(9)5(3)8/h3-10H,1-2H3/t3-,4-,5+,6+,7?/m1/s1. The molecule has 1 aliphatic rings. The molecule has 5 atom stereocenters. The molecule has 0 aromatic heterocycles. The zero-order chi connectivity index (χ0) is 8.59. The molecule has 4 heteroatoms. The molecule has 0 radical (unpaired) electrons. The summed E-state index contributed by atoms with van der Waals surface area (Å²) in [4.78, 5) is 0. The second-order valence-electron chi connectivity index (χ2n) is 3.07. The average Bonchev–Trinajstić information content (AvgIpc) is 1.97. The van der Waals surface area contributed by atoms with Gasteiger partial charge in [0.2, 0.25) is 0 Å². The normalized spacial score (nSPS) is 52.6. The van der Waals surface area contributed by atoms with Crippen molar-refractivity contribution in [3.8, 4) is 0 Å². The van der Waals surface area contributed by atoms with Gasteiger partial charge in [0, 0.05) is 5.92 Å². The number of hydrogen-bond acceptors (Lipinski definition) is 4. The third-order valence-electron chi connectivity index (χ3n) is 2.28. The second kappa shape index (κ2) is 3.06. The van der Waals surface area contributed by atoms with E-state index in [1.165, 1.54) is 0 Å². The Bertz CT molecular complexity index is 124. The molecule has 0 spiro atoms. The van der Waals surface area contributed by atoms with Gasteiger partial charge in [0.1, 0.15) is 6.10 Å². The van der Waals surface area contributed by atoms with Crippen LogP contribution in [-0.2, 0) is 4.74 Å². The third kappa shape index (κ3) is 1.54. The predicted molar refractivity (Wildman–Crippen MR) is 37.7 cm³/mol. The van der Waals surface area contributed by atoms with Crippen LogP contribution in [0.25, 0.3) is 0 Å². The van der Waals surface area contributed by atoms with E-state index in [0.717, 1.165) is 0 Å². The van der Waals surface area contributed by atoms with Crippen LogP contribution in [0.3, 0.4) is 0 Å². The van der Waals surface area contributed by atoms with Gasteiger partial charge in [-0.25, -0.2) is 0 Å². The van der Waals surface area contributed by atoms with Gasteiger partial charge in [-0.2, -0.15) is 0 Å². The first-order valence-electron chi connectivity index (χ1n) is 3.73. The molecule has 0 aliphatic carbocycles. The lowest BCUT2D eigenvalue weighted by Crippen LogP contribution is -2.52. The molecule has 0 aromatic carbocycles. The van der Waals surface area contributed by atoms with Crippen molar-refractivity contribution in [2.24, 2.45) is 5.92 Å². The topological polar surface area (TPSA) is 69.9 Å². The summed E-state index contributed by atoms with van der Waals surface area (Å²) < 4.78 is 4.93. The van der Waals surface area contributed by atoms with E-state index in [1.54, 1.807) is 13.8 Å². The molecule has 1 fully saturated rings. The van der Waals surface area contributed by atoms with Crippen molar-refractivity contribution >= 4 is 0 Å². The van der Waals surface area contributed by atoms with Crippen LogP contribution in [0.1, 0.15) is 13.8 Å². The Morgan fingerprint density at radius 3 is 2.09 bits per heavy atom. The van der Waals surface area contributed by atoms with E-state index in [9.17, 15) is 5.11 Å². The van der Waals surface area contributed by atoms with Crippen molar-refractivity contribution in [2.45, 2.75) is 38.4 Å². The maximum absolute atomic E-state index is 9.30. The molecule has 4 nitrogen and oxygen atoms in total. The van der Waals surface area contributed by atoms with Crippen molar-refractivity contribution in [1.29, 1.82) is 0 Å². The number of hydrogen-bond donors (Lipinski definition) is 3. The van der Waals surface area contributed by atoms with Gasteiger partial charge < -0.3 is 20.1 Å². The molecule has 0 bridgehead atoms. The fraction of sp³-hybridized carbons (Fsp3) is 1.00. The largest absolute Gasteiger partial charge is 0.390 e. The van der Waals surface area contributed by atoms with Crippen LogP contribution < -0.4 is 0 Å². The van der Waals surface area contributed by atoms with E-state index in [1.807, 2.05) is 0 Å². The number of aliphatic hydroxyl groups excluding tert-OH is 3. The van der Waals surface area contributed by atoms with Crippen LogP contribution in [0.5, 0.6) is 0 Å². The molecule has 1 rings (SSSR count). The molecular weight excluding hydrogens is 148 g/mol. The first-order valence-corrected chi connectivity index (χ1v) is 3.73. The molecule has 1 saturated heterocycles. The zero-order valence-electron chi connectivity index (χ0n) is 6.64. The van der Waals surface area contributed by atoms with Gasteiger partial charge in [-0.1, -0.05) is 6.92 Å². The fourth-order valence-electron chi connectivity index (χ4n) is 1.18. The molecule has 0 saturated carbocycles. The minimum atomic E-state index is -1.25. The van der Waals surface area contributed by atoms with Crippen LogP contribution >= 0.6 is 0 Å². The Labute approximate surface area is 65.4 Å².